The van der Waals surface area contributed by atoms with Gasteiger partial charge in [-0.05, 0) is 36.5 Å². The minimum Gasteiger partial charge on any atom is -0.423 e. The zero-order valence-corrected chi connectivity index (χ0v) is 8.08. The van der Waals surface area contributed by atoms with E-state index < -0.39 is 24.2 Å². The molecule has 2 nitrogen and oxygen atoms in total. The lowest BCUT2D eigenvalue weighted by molar-refractivity contribution is 0.410. The highest BCUT2D eigenvalue weighted by Gasteiger charge is 2.26. The van der Waals surface area contributed by atoms with Crippen LogP contribution < -0.4 is 5.46 Å². The summed E-state index contributed by atoms with van der Waals surface area (Å²) >= 11 is 0. The van der Waals surface area contributed by atoms with E-state index >= 15 is 0 Å². The molecule has 2 N–H and O–H groups in total. The molecule has 0 amide bonds. The summed E-state index contributed by atoms with van der Waals surface area (Å²) in [5.41, 5.74) is -0.0567. The molecule has 5 heteroatoms. The molecule has 15 heavy (non-hydrogen) atoms. The van der Waals surface area contributed by atoms with Gasteiger partial charge in [-0.15, -0.1) is 0 Å². The van der Waals surface area contributed by atoms with Crippen molar-refractivity contribution < 1.29 is 18.8 Å². The van der Waals surface area contributed by atoms with Crippen molar-refractivity contribution in [3.63, 3.8) is 0 Å². The van der Waals surface area contributed by atoms with E-state index in [2.05, 4.69) is 0 Å². The number of hydrogen-bond donors (Lipinski definition) is 2. The van der Waals surface area contributed by atoms with Gasteiger partial charge in [-0.1, -0.05) is 6.42 Å². The topological polar surface area (TPSA) is 40.5 Å². The van der Waals surface area contributed by atoms with Gasteiger partial charge >= 0.3 is 7.12 Å². The summed E-state index contributed by atoms with van der Waals surface area (Å²) in [6.45, 7) is 0. The summed E-state index contributed by atoms with van der Waals surface area (Å²) in [5, 5.41) is 17.5. The Labute approximate surface area is 86.7 Å². The van der Waals surface area contributed by atoms with Crippen LogP contribution in [0.5, 0.6) is 0 Å². The third-order valence-electron chi connectivity index (χ3n) is 2.94. The summed E-state index contributed by atoms with van der Waals surface area (Å²) in [6, 6.07) is 2.39. The molecule has 1 saturated carbocycles. The molecule has 1 aromatic carbocycles. The predicted molar refractivity (Wildman–Crippen MR) is 52.8 cm³/mol. The van der Waals surface area contributed by atoms with Crippen LogP contribution in [-0.2, 0) is 0 Å². The molecule has 1 aliphatic carbocycles. The Bertz CT molecular complexity index is 355. The minimum atomic E-state index is -2.10. The molecule has 2 rings (SSSR count). The highest BCUT2D eigenvalue weighted by atomic mass is 19.1. The Kier molecular flexibility index (Phi) is 2.75. The Morgan fingerprint density at radius 2 is 1.67 bits per heavy atom. The molecule has 0 aromatic heterocycles. The molecular weight excluding hydrogens is 201 g/mol. The van der Waals surface area contributed by atoms with Crippen molar-refractivity contribution in [1.29, 1.82) is 0 Å². The van der Waals surface area contributed by atoms with Crippen molar-refractivity contribution >= 4 is 12.6 Å². The second-order valence-electron chi connectivity index (χ2n) is 3.90. The van der Waals surface area contributed by atoms with Crippen molar-refractivity contribution in [2.75, 3.05) is 0 Å². The van der Waals surface area contributed by atoms with Crippen molar-refractivity contribution in [2.45, 2.75) is 25.2 Å². The fraction of sp³-hybridized carbons (Fsp3) is 0.400. The average molecular weight is 212 g/mol. The molecule has 1 aromatic rings. The summed E-state index contributed by atoms with van der Waals surface area (Å²) in [7, 11) is -2.10. The molecule has 1 aliphatic rings. The van der Waals surface area contributed by atoms with Gasteiger partial charge in [0.05, 0.1) is 5.46 Å². The third-order valence-corrected chi connectivity index (χ3v) is 2.94. The van der Waals surface area contributed by atoms with Gasteiger partial charge in [0.2, 0.25) is 0 Å². The van der Waals surface area contributed by atoms with Gasteiger partial charge in [0, 0.05) is 0 Å². The van der Waals surface area contributed by atoms with E-state index in [9.17, 15) is 8.78 Å². The van der Waals surface area contributed by atoms with Crippen molar-refractivity contribution in [3.05, 3.63) is 29.3 Å². The lowest BCUT2D eigenvalue weighted by Gasteiger charge is -2.26. The molecule has 0 unspecified atom stereocenters. The second kappa shape index (κ2) is 3.91. The van der Waals surface area contributed by atoms with Gasteiger partial charge in [-0.25, -0.2) is 8.78 Å². The summed E-state index contributed by atoms with van der Waals surface area (Å²) in [4.78, 5) is 0. The third kappa shape index (κ3) is 1.89. The molecule has 80 valence electrons. The van der Waals surface area contributed by atoms with Crippen molar-refractivity contribution in [3.8, 4) is 0 Å². The molecule has 0 saturated heterocycles. The molecule has 1 fully saturated rings. The quantitative estimate of drug-likeness (QED) is 0.715. The van der Waals surface area contributed by atoms with E-state index in [1.807, 2.05) is 0 Å². The number of benzene rings is 1. The highest BCUT2D eigenvalue weighted by Crippen LogP contribution is 2.36. The van der Waals surface area contributed by atoms with E-state index in [-0.39, 0.29) is 5.92 Å². The number of hydrogen-bond acceptors (Lipinski definition) is 2. The first-order chi connectivity index (χ1) is 7.09. The zero-order valence-electron chi connectivity index (χ0n) is 8.08. The zero-order chi connectivity index (χ0) is 11.0. The molecule has 0 heterocycles. The molecule has 0 atom stereocenters. The first kappa shape index (κ1) is 10.6. The van der Waals surface area contributed by atoms with Crippen LogP contribution in [-0.4, -0.2) is 17.2 Å². The second-order valence-corrected chi connectivity index (χ2v) is 3.90. The van der Waals surface area contributed by atoms with E-state index in [0.717, 1.165) is 19.3 Å². The van der Waals surface area contributed by atoms with E-state index in [0.29, 0.717) is 5.56 Å². The Balaban J connectivity index is 2.37. The van der Waals surface area contributed by atoms with E-state index in [4.69, 9.17) is 10.0 Å². The summed E-state index contributed by atoms with van der Waals surface area (Å²) in [5.74, 6) is -1.54. The van der Waals surface area contributed by atoms with Crippen LogP contribution in [0.2, 0.25) is 0 Å². The first-order valence-electron chi connectivity index (χ1n) is 4.94. The normalized spacial score (nSPS) is 16.3. The number of rotatable bonds is 2. The molecule has 0 aliphatic heterocycles. The SMILES string of the molecule is OB(O)c1c(F)cc(C2CCC2)cc1F. The monoisotopic (exact) mass is 212 g/mol. The van der Waals surface area contributed by atoms with E-state index in [1.54, 1.807) is 0 Å². The maximum Gasteiger partial charge on any atom is 0.494 e. The molecule has 0 spiro atoms. The Morgan fingerprint density at radius 3 is 2.00 bits per heavy atom. The minimum absolute atomic E-state index is 0.221. The first-order valence-corrected chi connectivity index (χ1v) is 4.94. The summed E-state index contributed by atoms with van der Waals surface area (Å²) < 4.78 is 26.6. The molecule has 0 radical (unpaired) electrons. The van der Waals surface area contributed by atoms with Gasteiger partial charge in [0.1, 0.15) is 11.6 Å². The van der Waals surface area contributed by atoms with E-state index in [1.165, 1.54) is 12.1 Å². The van der Waals surface area contributed by atoms with Gasteiger partial charge < -0.3 is 10.0 Å². The average Bonchev–Trinajstić information content (AvgIpc) is 1.97. The standard InChI is InChI=1S/C10H11BF2O2/c12-8-4-7(6-2-1-3-6)5-9(13)10(8)11(14)15/h4-6,14-15H,1-3H2. The van der Waals surface area contributed by atoms with Crippen LogP contribution in [0.1, 0.15) is 30.7 Å². The van der Waals surface area contributed by atoms with Crippen LogP contribution in [0.3, 0.4) is 0 Å². The number of halogens is 2. The maximum atomic E-state index is 13.3. The predicted octanol–water partition coefficient (Wildman–Crippen LogP) is 0.912. The largest absolute Gasteiger partial charge is 0.494 e. The fourth-order valence-corrected chi connectivity index (χ4v) is 1.83. The smallest absolute Gasteiger partial charge is 0.423 e. The lowest BCUT2D eigenvalue weighted by Crippen LogP contribution is -2.36. The van der Waals surface area contributed by atoms with Crippen LogP contribution in [0.25, 0.3) is 0 Å². The van der Waals surface area contributed by atoms with Gasteiger partial charge in [-0.3, -0.25) is 0 Å². The highest BCUT2D eigenvalue weighted by molar-refractivity contribution is 6.58. The van der Waals surface area contributed by atoms with Crippen LogP contribution >= 0.6 is 0 Å². The molecule has 0 bridgehead atoms. The van der Waals surface area contributed by atoms with Gasteiger partial charge in [0.25, 0.3) is 0 Å². The fourth-order valence-electron chi connectivity index (χ4n) is 1.83. The Morgan fingerprint density at radius 1 is 1.13 bits per heavy atom. The Hall–Kier alpha value is -0.935. The van der Waals surface area contributed by atoms with Crippen LogP contribution in [0.4, 0.5) is 8.78 Å². The van der Waals surface area contributed by atoms with Crippen molar-refractivity contribution in [1.82, 2.24) is 0 Å². The van der Waals surface area contributed by atoms with Crippen LogP contribution in [0.15, 0.2) is 12.1 Å². The summed E-state index contributed by atoms with van der Waals surface area (Å²) in [6.07, 6.45) is 2.97. The van der Waals surface area contributed by atoms with Crippen molar-refractivity contribution in [2.24, 2.45) is 0 Å². The molecular formula is C10H11BF2O2. The van der Waals surface area contributed by atoms with Crippen LogP contribution in [0, 0.1) is 11.6 Å². The maximum absolute atomic E-state index is 13.3. The van der Waals surface area contributed by atoms with Gasteiger partial charge in [0.15, 0.2) is 0 Å². The lowest BCUT2D eigenvalue weighted by atomic mass is 9.75. The van der Waals surface area contributed by atoms with Gasteiger partial charge in [-0.2, -0.15) is 0 Å².